The third kappa shape index (κ3) is 9.94. The van der Waals surface area contributed by atoms with Crippen LogP contribution >= 0.6 is 0 Å². The molecule has 20 heavy (non-hydrogen) atoms. The van der Waals surface area contributed by atoms with Gasteiger partial charge in [0.15, 0.2) is 0 Å². The molecule has 0 aromatic rings. The minimum atomic E-state index is -0.451. The van der Waals surface area contributed by atoms with E-state index >= 15 is 0 Å². The highest BCUT2D eigenvalue weighted by molar-refractivity contribution is 5.97. The number of imide groups is 1. The van der Waals surface area contributed by atoms with E-state index in [2.05, 4.69) is 18.5 Å². The maximum absolute atomic E-state index is 11.2. The Morgan fingerprint density at radius 1 is 1.25 bits per heavy atom. The van der Waals surface area contributed by atoms with Crippen molar-refractivity contribution in [3.05, 3.63) is 37.2 Å². The largest absolute Gasteiger partial charge is 0.403 e. The van der Waals surface area contributed by atoms with E-state index < -0.39 is 6.03 Å². The van der Waals surface area contributed by atoms with Crippen LogP contribution in [0.2, 0.25) is 0 Å². The second-order valence-electron chi connectivity index (χ2n) is 2.96. The summed E-state index contributed by atoms with van der Waals surface area (Å²) in [7, 11) is 0. The summed E-state index contributed by atoms with van der Waals surface area (Å²) in [4.78, 5) is 23.4. The van der Waals surface area contributed by atoms with Gasteiger partial charge in [-0.25, -0.2) is 4.79 Å². The van der Waals surface area contributed by atoms with E-state index in [-0.39, 0.29) is 12.3 Å². The van der Waals surface area contributed by atoms with Crippen molar-refractivity contribution in [1.29, 1.82) is 0 Å². The highest BCUT2D eigenvalue weighted by Gasteiger charge is 2.24. The van der Waals surface area contributed by atoms with Gasteiger partial charge in [-0.15, -0.1) is 6.58 Å². The Kier molecular flexibility index (Phi) is 19.6. The number of nitrogens with two attached hydrogens (primary N) is 1. The first-order valence-corrected chi connectivity index (χ1v) is 6.83. The predicted octanol–water partition coefficient (Wildman–Crippen LogP) is 3.16. The van der Waals surface area contributed by atoms with Gasteiger partial charge in [0, 0.05) is 19.2 Å². The molecule has 1 heterocycles. The van der Waals surface area contributed by atoms with Crippen molar-refractivity contribution >= 4 is 11.9 Å². The van der Waals surface area contributed by atoms with Gasteiger partial charge in [0.25, 0.3) is 0 Å². The summed E-state index contributed by atoms with van der Waals surface area (Å²) in [5.74, 6) is -0.262. The Hall–Kier alpha value is -2.04. The zero-order valence-electron chi connectivity index (χ0n) is 13.4. The van der Waals surface area contributed by atoms with E-state index in [1.54, 1.807) is 6.08 Å². The predicted molar refractivity (Wildman–Crippen MR) is 85.9 cm³/mol. The SMILES string of the molecule is C=C/C(=C\N)N1CCC(=O)NC1=O.C=CC.CC.CC. The molecular formula is C15H29N3O2. The number of nitrogens with one attached hydrogen (secondary N) is 1. The molecule has 1 aliphatic rings. The zero-order valence-corrected chi connectivity index (χ0v) is 13.4. The van der Waals surface area contributed by atoms with E-state index in [1.807, 2.05) is 34.6 Å². The minimum absolute atomic E-state index is 0.262. The van der Waals surface area contributed by atoms with Crippen LogP contribution in [-0.4, -0.2) is 23.4 Å². The quantitative estimate of drug-likeness (QED) is 0.604. The van der Waals surface area contributed by atoms with Crippen LogP contribution in [0, 0.1) is 0 Å². The average Bonchev–Trinajstić information content (AvgIpc) is 2.47. The summed E-state index contributed by atoms with van der Waals surface area (Å²) in [6.45, 7) is 17.1. The van der Waals surface area contributed by atoms with Crippen molar-refractivity contribution in [3.8, 4) is 0 Å². The molecule has 3 N–H and O–H groups in total. The van der Waals surface area contributed by atoms with E-state index in [9.17, 15) is 9.59 Å². The number of carbonyl (C=O) groups is 2. The Morgan fingerprint density at radius 3 is 2.00 bits per heavy atom. The lowest BCUT2D eigenvalue weighted by atomic mass is 10.3. The molecule has 5 heteroatoms. The number of carbonyl (C=O) groups excluding carboxylic acids is 2. The fourth-order valence-electron chi connectivity index (χ4n) is 1.08. The number of urea groups is 1. The van der Waals surface area contributed by atoms with Crippen LogP contribution in [0.25, 0.3) is 0 Å². The van der Waals surface area contributed by atoms with Crippen LogP contribution in [0.5, 0.6) is 0 Å². The van der Waals surface area contributed by atoms with Gasteiger partial charge in [0.05, 0.1) is 5.70 Å². The number of amides is 3. The lowest BCUT2D eigenvalue weighted by Crippen LogP contribution is -2.48. The minimum Gasteiger partial charge on any atom is -0.403 e. The summed E-state index contributed by atoms with van der Waals surface area (Å²) >= 11 is 0. The molecule has 0 aliphatic carbocycles. The third-order valence-electron chi connectivity index (χ3n) is 1.75. The van der Waals surface area contributed by atoms with E-state index in [0.717, 1.165) is 0 Å². The molecule has 0 saturated carbocycles. The molecule has 0 atom stereocenters. The fraction of sp³-hybridized carbons (Fsp3) is 0.467. The topological polar surface area (TPSA) is 75.4 Å². The molecule has 1 aliphatic heterocycles. The Balaban J connectivity index is -0.000000355. The third-order valence-corrected chi connectivity index (χ3v) is 1.75. The molecule has 0 aromatic carbocycles. The van der Waals surface area contributed by atoms with Crippen LogP contribution in [0.4, 0.5) is 4.79 Å². The molecule has 1 rings (SSSR count). The van der Waals surface area contributed by atoms with Gasteiger partial charge < -0.3 is 5.73 Å². The molecule has 1 fully saturated rings. The van der Waals surface area contributed by atoms with Gasteiger partial charge >= 0.3 is 6.03 Å². The number of allylic oxidation sites excluding steroid dienone is 2. The van der Waals surface area contributed by atoms with Crippen molar-refractivity contribution in [2.75, 3.05) is 6.54 Å². The normalized spacial score (nSPS) is 13.2. The van der Waals surface area contributed by atoms with Gasteiger partial charge in [-0.3, -0.25) is 15.0 Å². The molecule has 5 nitrogen and oxygen atoms in total. The molecule has 0 bridgehead atoms. The number of rotatable bonds is 2. The first-order chi connectivity index (χ1) is 9.60. The maximum atomic E-state index is 11.2. The van der Waals surface area contributed by atoms with Crippen LogP contribution in [0.3, 0.4) is 0 Å². The first kappa shape index (κ1) is 23.1. The smallest absolute Gasteiger partial charge is 0.328 e. The monoisotopic (exact) mass is 283 g/mol. The summed E-state index contributed by atoms with van der Waals surface area (Å²) in [6.07, 6.45) is 4.79. The molecular weight excluding hydrogens is 254 g/mol. The second-order valence-corrected chi connectivity index (χ2v) is 2.96. The van der Waals surface area contributed by atoms with Crippen molar-refractivity contribution in [2.45, 2.75) is 41.0 Å². The zero-order chi connectivity index (χ0) is 16.6. The van der Waals surface area contributed by atoms with Crippen molar-refractivity contribution in [3.63, 3.8) is 0 Å². The van der Waals surface area contributed by atoms with E-state index in [0.29, 0.717) is 12.2 Å². The molecule has 0 aromatic heterocycles. The second kappa shape index (κ2) is 17.0. The van der Waals surface area contributed by atoms with Gasteiger partial charge in [0.2, 0.25) is 5.91 Å². The highest BCUT2D eigenvalue weighted by atomic mass is 16.2. The van der Waals surface area contributed by atoms with Crippen LogP contribution < -0.4 is 11.1 Å². The summed E-state index contributed by atoms with van der Waals surface area (Å²) in [5.41, 5.74) is 5.78. The lowest BCUT2D eigenvalue weighted by Gasteiger charge is -2.26. The summed E-state index contributed by atoms with van der Waals surface area (Å²) in [6, 6.07) is -0.451. The summed E-state index contributed by atoms with van der Waals surface area (Å²) < 4.78 is 0. The Labute approximate surface area is 123 Å². The average molecular weight is 283 g/mol. The number of hydrogen-bond donors (Lipinski definition) is 2. The number of hydrogen-bond acceptors (Lipinski definition) is 3. The van der Waals surface area contributed by atoms with Crippen LogP contribution in [-0.2, 0) is 4.79 Å². The molecule has 0 unspecified atom stereocenters. The maximum Gasteiger partial charge on any atom is 0.328 e. The molecule has 0 spiro atoms. The van der Waals surface area contributed by atoms with Gasteiger partial charge in [0.1, 0.15) is 0 Å². The van der Waals surface area contributed by atoms with Crippen molar-refractivity contribution < 1.29 is 9.59 Å². The van der Waals surface area contributed by atoms with Gasteiger partial charge in [-0.05, 0) is 13.0 Å². The highest BCUT2D eigenvalue weighted by Crippen LogP contribution is 2.09. The number of nitrogens with zero attached hydrogens (tertiary/aromatic N) is 1. The van der Waals surface area contributed by atoms with Crippen LogP contribution in [0.1, 0.15) is 41.0 Å². The fourth-order valence-corrected chi connectivity index (χ4v) is 1.08. The van der Waals surface area contributed by atoms with E-state index in [1.165, 1.54) is 17.2 Å². The van der Waals surface area contributed by atoms with Gasteiger partial charge in [-0.1, -0.05) is 40.3 Å². The molecule has 3 amide bonds. The van der Waals surface area contributed by atoms with Crippen molar-refractivity contribution in [2.24, 2.45) is 5.73 Å². The molecule has 1 saturated heterocycles. The van der Waals surface area contributed by atoms with E-state index in [4.69, 9.17) is 5.73 Å². The molecule has 116 valence electrons. The van der Waals surface area contributed by atoms with Crippen molar-refractivity contribution in [1.82, 2.24) is 10.2 Å². The lowest BCUT2D eigenvalue weighted by molar-refractivity contribution is -0.121. The molecule has 0 radical (unpaired) electrons. The van der Waals surface area contributed by atoms with Crippen LogP contribution in [0.15, 0.2) is 37.2 Å². The van der Waals surface area contributed by atoms with Gasteiger partial charge in [-0.2, -0.15) is 0 Å². The Bertz CT molecular complexity index is 323. The standard InChI is InChI=1S/C8H11N3O2.C3H6.2C2H6/c1-2-6(5-9)11-4-3-7(12)10-8(11)13;1-3-2;2*1-2/h2,5H,1,3-4,9H2,(H,10,12,13);3H,1H2,2H3;2*1-2H3/b6-5+;;;. The first-order valence-electron chi connectivity index (χ1n) is 6.83. The Morgan fingerprint density at radius 2 is 1.70 bits per heavy atom. The summed E-state index contributed by atoms with van der Waals surface area (Å²) in [5, 5.41) is 2.18.